The number of aromatic nitrogens is 1. The van der Waals surface area contributed by atoms with Crippen LogP contribution in [0.4, 0.5) is 0 Å². The SMILES string of the molecule is CCCNCCC(C)C1CCCc2cccnc21. The maximum Gasteiger partial charge on any atom is 0.0469 e. The lowest BCUT2D eigenvalue weighted by Gasteiger charge is -2.29. The van der Waals surface area contributed by atoms with Crippen LogP contribution in [-0.4, -0.2) is 18.1 Å². The number of nitrogens with zero attached hydrogens (tertiary/aromatic N) is 1. The number of fused-ring (bicyclic) bond motifs is 1. The van der Waals surface area contributed by atoms with Crippen molar-refractivity contribution in [1.82, 2.24) is 10.3 Å². The van der Waals surface area contributed by atoms with Gasteiger partial charge in [0.05, 0.1) is 0 Å². The van der Waals surface area contributed by atoms with Gasteiger partial charge < -0.3 is 5.32 Å². The van der Waals surface area contributed by atoms with Crippen LogP contribution in [-0.2, 0) is 6.42 Å². The third-order valence-electron chi connectivity index (χ3n) is 4.13. The highest BCUT2D eigenvalue weighted by Crippen LogP contribution is 2.36. The molecule has 2 nitrogen and oxygen atoms in total. The molecular formula is C16H26N2. The van der Waals surface area contributed by atoms with Crippen LogP contribution in [0.2, 0.25) is 0 Å². The van der Waals surface area contributed by atoms with E-state index in [4.69, 9.17) is 0 Å². The number of aryl methyl sites for hydroxylation is 1. The van der Waals surface area contributed by atoms with Gasteiger partial charge in [-0.1, -0.05) is 19.9 Å². The molecule has 2 atom stereocenters. The molecule has 1 aliphatic carbocycles. The fourth-order valence-corrected chi connectivity index (χ4v) is 3.03. The highest BCUT2D eigenvalue weighted by Gasteiger charge is 2.25. The van der Waals surface area contributed by atoms with Crippen molar-refractivity contribution in [3.63, 3.8) is 0 Å². The Morgan fingerprint density at radius 3 is 3.17 bits per heavy atom. The van der Waals surface area contributed by atoms with Gasteiger partial charge in [-0.25, -0.2) is 0 Å². The Bertz CT molecular complexity index is 362. The monoisotopic (exact) mass is 246 g/mol. The Hall–Kier alpha value is -0.890. The van der Waals surface area contributed by atoms with E-state index in [1.807, 2.05) is 6.20 Å². The van der Waals surface area contributed by atoms with Crippen LogP contribution in [0.3, 0.4) is 0 Å². The maximum absolute atomic E-state index is 4.65. The zero-order valence-electron chi connectivity index (χ0n) is 11.8. The Labute approximate surface area is 111 Å². The van der Waals surface area contributed by atoms with Crippen molar-refractivity contribution < 1.29 is 0 Å². The van der Waals surface area contributed by atoms with E-state index < -0.39 is 0 Å². The Morgan fingerprint density at radius 1 is 1.44 bits per heavy atom. The predicted molar refractivity (Wildman–Crippen MR) is 76.9 cm³/mol. The van der Waals surface area contributed by atoms with Crippen molar-refractivity contribution in [2.75, 3.05) is 13.1 Å². The van der Waals surface area contributed by atoms with E-state index in [2.05, 4.69) is 36.3 Å². The van der Waals surface area contributed by atoms with E-state index in [-0.39, 0.29) is 0 Å². The summed E-state index contributed by atoms with van der Waals surface area (Å²) in [6, 6.07) is 4.34. The van der Waals surface area contributed by atoms with Gasteiger partial charge in [0.2, 0.25) is 0 Å². The summed E-state index contributed by atoms with van der Waals surface area (Å²) >= 11 is 0. The van der Waals surface area contributed by atoms with E-state index >= 15 is 0 Å². The molecule has 2 heteroatoms. The molecule has 1 aliphatic rings. The zero-order valence-corrected chi connectivity index (χ0v) is 11.8. The van der Waals surface area contributed by atoms with Crippen LogP contribution in [0.15, 0.2) is 18.3 Å². The molecule has 100 valence electrons. The largest absolute Gasteiger partial charge is 0.317 e. The summed E-state index contributed by atoms with van der Waals surface area (Å²) in [7, 11) is 0. The maximum atomic E-state index is 4.65. The minimum Gasteiger partial charge on any atom is -0.317 e. The van der Waals surface area contributed by atoms with Gasteiger partial charge in [0.1, 0.15) is 0 Å². The molecule has 0 aromatic carbocycles. The van der Waals surface area contributed by atoms with Crippen molar-refractivity contribution in [1.29, 1.82) is 0 Å². The van der Waals surface area contributed by atoms with Gasteiger partial charge in [-0.15, -0.1) is 0 Å². The van der Waals surface area contributed by atoms with Gasteiger partial charge in [0.25, 0.3) is 0 Å². The molecule has 2 unspecified atom stereocenters. The molecule has 1 aromatic rings. The molecule has 0 amide bonds. The highest BCUT2D eigenvalue weighted by molar-refractivity contribution is 5.26. The molecule has 0 saturated heterocycles. The smallest absolute Gasteiger partial charge is 0.0469 e. The minimum absolute atomic E-state index is 0.679. The first kappa shape index (κ1) is 13.5. The van der Waals surface area contributed by atoms with Gasteiger partial charge in [-0.2, -0.15) is 0 Å². The number of hydrogen-bond donors (Lipinski definition) is 1. The summed E-state index contributed by atoms with van der Waals surface area (Å²) < 4.78 is 0. The molecule has 0 spiro atoms. The van der Waals surface area contributed by atoms with Crippen molar-refractivity contribution >= 4 is 0 Å². The number of hydrogen-bond acceptors (Lipinski definition) is 2. The quantitative estimate of drug-likeness (QED) is 0.777. The van der Waals surface area contributed by atoms with Crippen molar-refractivity contribution in [3.8, 4) is 0 Å². The fraction of sp³-hybridized carbons (Fsp3) is 0.688. The lowest BCUT2D eigenvalue weighted by Crippen LogP contribution is -2.23. The number of nitrogens with one attached hydrogen (secondary N) is 1. The lowest BCUT2D eigenvalue weighted by atomic mass is 9.78. The summed E-state index contributed by atoms with van der Waals surface area (Å²) in [5.74, 6) is 1.42. The molecule has 0 aliphatic heterocycles. The van der Waals surface area contributed by atoms with Crippen LogP contribution in [0.1, 0.15) is 56.7 Å². The van der Waals surface area contributed by atoms with Gasteiger partial charge in [-0.3, -0.25) is 4.98 Å². The molecule has 0 radical (unpaired) electrons. The fourth-order valence-electron chi connectivity index (χ4n) is 3.03. The summed E-state index contributed by atoms with van der Waals surface area (Å²) in [5, 5.41) is 3.51. The van der Waals surface area contributed by atoms with Crippen molar-refractivity contribution in [3.05, 3.63) is 29.6 Å². The minimum atomic E-state index is 0.679. The highest BCUT2D eigenvalue weighted by atomic mass is 14.8. The molecule has 1 aromatic heterocycles. The summed E-state index contributed by atoms with van der Waals surface area (Å²) in [6.45, 7) is 6.90. The standard InChI is InChI=1S/C16H26N2/c1-3-10-17-12-9-13(2)15-8-4-6-14-7-5-11-18-16(14)15/h5,7,11,13,15,17H,3-4,6,8-10,12H2,1-2H3. The molecule has 0 fully saturated rings. The second-order valence-corrected chi connectivity index (χ2v) is 5.56. The molecule has 0 bridgehead atoms. The predicted octanol–water partition coefficient (Wildman–Crippen LogP) is 3.53. The molecule has 1 heterocycles. The lowest BCUT2D eigenvalue weighted by molar-refractivity contribution is 0.369. The van der Waals surface area contributed by atoms with Gasteiger partial charge in [0.15, 0.2) is 0 Å². The average molecular weight is 246 g/mol. The van der Waals surface area contributed by atoms with Crippen LogP contribution in [0.25, 0.3) is 0 Å². The van der Waals surface area contributed by atoms with Gasteiger partial charge >= 0.3 is 0 Å². The van der Waals surface area contributed by atoms with E-state index in [9.17, 15) is 0 Å². The molecular weight excluding hydrogens is 220 g/mol. The zero-order chi connectivity index (χ0) is 12.8. The number of rotatable bonds is 6. The average Bonchev–Trinajstić information content (AvgIpc) is 2.43. The first-order chi connectivity index (χ1) is 8.83. The summed E-state index contributed by atoms with van der Waals surface area (Å²) in [5.41, 5.74) is 2.87. The summed E-state index contributed by atoms with van der Waals surface area (Å²) in [4.78, 5) is 4.65. The third kappa shape index (κ3) is 3.32. The van der Waals surface area contributed by atoms with E-state index in [1.165, 1.54) is 43.4 Å². The molecule has 1 N–H and O–H groups in total. The Kier molecular flexibility index (Phi) is 5.18. The van der Waals surface area contributed by atoms with Crippen LogP contribution in [0.5, 0.6) is 0 Å². The van der Waals surface area contributed by atoms with E-state index in [0.717, 1.165) is 19.0 Å². The van der Waals surface area contributed by atoms with Gasteiger partial charge in [0, 0.05) is 17.8 Å². The first-order valence-corrected chi connectivity index (χ1v) is 7.47. The van der Waals surface area contributed by atoms with E-state index in [0.29, 0.717) is 5.92 Å². The topological polar surface area (TPSA) is 24.9 Å². The first-order valence-electron chi connectivity index (χ1n) is 7.47. The third-order valence-corrected chi connectivity index (χ3v) is 4.13. The Morgan fingerprint density at radius 2 is 2.33 bits per heavy atom. The van der Waals surface area contributed by atoms with Crippen molar-refractivity contribution in [2.24, 2.45) is 5.92 Å². The van der Waals surface area contributed by atoms with E-state index in [1.54, 1.807) is 0 Å². The Balaban J connectivity index is 1.93. The molecule has 18 heavy (non-hydrogen) atoms. The van der Waals surface area contributed by atoms with Crippen molar-refractivity contribution in [2.45, 2.75) is 51.9 Å². The van der Waals surface area contributed by atoms with Crippen LogP contribution >= 0.6 is 0 Å². The van der Waals surface area contributed by atoms with Crippen LogP contribution in [0, 0.1) is 5.92 Å². The van der Waals surface area contributed by atoms with Gasteiger partial charge in [-0.05, 0) is 62.7 Å². The second kappa shape index (κ2) is 6.89. The molecule has 0 saturated carbocycles. The van der Waals surface area contributed by atoms with Crippen LogP contribution < -0.4 is 5.32 Å². The molecule has 2 rings (SSSR count). The summed E-state index contributed by atoms with van der Waals surface area (Å²) in [6.07, 6.45) is 8.32. The normalized spacial score (nSPS) is 20.4. The second-order valence-electron chi connectivity index (χ2n) is 5.56. The number of pyridine rings is 1.